The lowest BCUT2D eigenvalue weighted by atomic mass is 9.98. The maximum Gasteiger partial charge on any atom is 0.169 e. The summed E-state index contributed by atoms with van der Waals surface area (Å²) in [4.78, 5) is 0. The summed E-state index contributed by atoms with van der Waals surface area (Å²) in [6.07, 6.45) is 0. The highest BCUT2D eigenvalue weighted by Crippen LogP contribution is 2.55. The highest BCUT2D eigenvalue weighted by atomic mass is 35.5. The van der Waals surface area contributed by atoms with Crippen LogP contribution in [0.25, 0.3) is 11.1 Å². The quantitative estimate of drug-likeness (QED) is 0.556. The van der Waals surface area contributed by atoms with Crippen LogP contribution in [0.15, 0.2) is 24.3 Å². The van der Waals surface area contributed by atoms with E-state index >= 15 is 0 Å². The van der Waals surface area contributed by atoms with Gasteiger partial charge in [-0.1, -0.05) is 47.5 Å². The van der Waals surface area contributed by atoms with Gasteiger partial charge in [0.05, 0.1) is 0 Å². The molecule has 0 nitrogen and oxygen atoms in total. The van der Waals surface area contributed by atoms with Crippen molar-refractivity contribution in [1.29, 1.82) is 0 Å². The van der Waals surface area contributed by atoms with Gasteiger partial charge in [-0.2, -0.15) is 0 Å². The molecule has 0 fully saturated rings. The number of aryl methyl sites for hydroxylation is 4. The molecule has 1 aliphatic carbocycles. The first-order chi connectivity index (χ1) is 8.82. The molecule has 0 amide bonds. The van der Waals surface area contributed by atoms with Crippen molar-refractivity contribution in [2.24, 2.45) is 0 Å². The maximum atomic E-state index is 6.64. The molecule has 2 heteroatoms. The Morgan fingerprint density at radius 3 is 1.32 bits per heavy atom. The van der Waals surface area contributed by atoms with Crippen LogP contribution in [0.4, 0.5) is 0 Å². The van der Waals surface area contributed by atoms with E-state index in [0.717, 1.165) is 11.1 Å². The predicted octanol–water partition coefficient (Wildman–Crippen LogP) is 5.58. The molecule has 0 bridgehead atoms. The smallest absolute Gasteiger partial charge is 0.0909 e. The molecule has 0 spiro atoms. The maximum absolute atomic E-state index is 6.64. The Kier molecular flexibility index (Phi) is 2.75. The van der Waals surface area contributed by atoms with E-state index in [-0.39, 0.29) is 0 Å². The molecule has 98 valence electrons. The average Bonchev–Trinajstić information content (AvgIpc) is 2.52. The molecular weight excluding hydrogens is 275 g/mol. The van der Waals surface area contributed by atoms with Crippen LogP contribution in [0, 0.1) is 27.7 Å². The number of hydrogen-bond acceptors (Lipinski definition) is 0. The van der Waals surface area contributed by atoms with E-state index < -0.39 is 4.33 Å². The molecule has 0 saturated carbocycles. The van der Waals surface area contributed by atoms with Gasteiger partial charge in [-0.15, -0.1) is 0 Å². The van der Waals surface area contributed by atoms with Gasteiger partial charge in [0, 0.05) is 11.1 Å². The van der Waals surface area contributed by atoms with Gasteiger partial charge in [-0.05, 0) is 61.1 Å². The zero-order valence-corrected chi connectivity index (χ0v) is 13.1. The highest BCUT2D eigenvalue weighted by molar-refractivity contribution is 6.51. The second kappa shape index (κ2) is 4.01. The summed E-state index contributed by atoms with van der Waals surface area (Å²) in [5.74, 6) is 0. The van der Waals surface area contributed by atoms with Crippen molar-refractivity contribution in [1.82, 2.24) is 0 Å². The Morgan fingerprint density at radius 2 is 0.947 bits per heavy atom. The number of rotatable bonds is 0. The second-order valence-corrected chi connectivity index (χ2v) is 6.87. The SMILES string of the molecule is Cc1cc2c(cc1C)C(Cl)(Cl)c1cc(C)c(C)cc1-2. The van der Waals surface area contributed by atoms with Crippen molar-refractivity contribution < 1.29 is 0 Å². The zero-order chi connectivity index (χ0) is 13.9. The molecule has 0 atom stereocenters. The van der Waals surface area contributed by atoms with Gasteiger partial charge >= 0.3 is 0 Å². The molecule has 0 saturated heterocycles. The summed E-state index contributed by atoms with van der Waals surface area (Å²) < 4.78 is -0.929. The number of alkyl halides is 2. The minimum atomic E-state index is -0.929. The third-order valence-corrected chi connectivity index (χ3v) is 5.05. The Morgan fingerprint density at radius 1 is 0.632 bits per heavy atom. The van der Waals surface area contributed by atoms with Crippen LogP contribution in [0.5, 0.6) is 0 Å². The van der Waals surface area contributed by atoms with E-state index in [0.29, 0.717) is 0 Å². The molecular formula is C17H16Cl2. The molecule has 0 aromatic heterocycles. The fourth-order valence-electron chi connectivity index (χ4n) is 2.74. The van der Waals surface area contributed by atoms with Crippen LogP contribution in [-0.2, 0) is 4.33 Å². The molecule has 1 aliphatic rings. The third-order valence-electron chi connectivity index (χ3n) is 4.23. The lowest BCUT2D eigenvalue weighted by Gasteiger charge is -2.17. The van der Waals surface area contributed by atoms with Gasteiger partial charge in [-0.25, -0.2) is 0 Å². The van der Waals surface area contributed by atoms with Gasteiger partial charge in [0.1, 0.15) is 0 Å². The molecule has 0 radical (unpaired) electrons. The Bertz CT molecular complexity index is 637. The predicted molar refractivity (Wildman–Crippen MR) is 83.3 cm³/mol. The van der Waals surface area contributed by atoms with E-state index in [9.17, 15) is 0 Å². The summed E-state index contributed by atoms with van der Waals surface area (Å²) in [6, 6.07) is 8.64. The van der Waals surface area contributed by atoms with Crippen molar-refractivity contribution in [3.63, 3.8) is 0 Å². The number of benzene rings is 2. The van der Waals surface area contributed by atoms with Gasteiger partial charge in [0.2, 0.25) is 0 Å². The molecule has 2 aromatic rings. The van der Waals surface area contributed by atoms with Crippen LogP contribution in [0.2, 0.25) is 0 Å². The van der Waals surface area contributed by atoms with Crippen molar-refractivity contribution in [3.8, 4) is 11.1 Å². The third kappa shape index (κ3) is 1.74. The second-order valence-electron chi connectivity index (χ2n) is 5.54. The van der Waals surface area contributed by atoms with Crippen LogP contribution in [0.1, 0.15) is 33.4 Å². The van der Waals surface area contributed by atoms with Crippen molar-refractivity contribution >= 4 is 23.2 Å². The summed E-state index contributed by atoms with van der Waals surface area (Å²) >= 11 is 13.3. The van der Waals surface area contributed by atoms with Gasteiger partial charge in [0.15, 0.2) is 4.33 Å². The molecule has 2 aromatic carbocycles. The lowest BCUT2D eigenvalue weighted by Crippen LogP contribution is -2.08. The summed E-state index contributed by atoms with van der Waals surface area (Å²) in [5, 5.41) is 0. The average molecular weight is 291 g/mol. The van der Waals surface area contributed by atoms with Crippen LogP contribution >= 0.6 is 23.2 Å². The molecule has 19 heavy (non-hydrogen) atoms. The number of halogens is 2. The monoisotopic (exact) mass is 290 g/mol. The van der Waals surface area contributed by atoms with Crippen LogP contribution in [0.3, 0.4) is 0 Å². The van der Waals surface area contributed by atoms with Gasteiger partial charge in [0.25, 0.3) is 0 Å². The standard InChI is InChI=1S/C17H16Cl2/c1-9-5-13-14-6-10(2)12(4)8-16(14)17(18,19)15(13)7-11(9)3/h5-8H,1-4H3. The molecule has 0 heterocycles. The largest absolute Gasteiger partial charge is 0.169 e. The first-order valence-corrected chi connectivity index (χ1v) is 7.19. The minimum absolute atomic E-state index is 0.929. The van der Waals surface area contributed by atoms with Crippen LogP contribution in [-0.4, -0.2) is 0 Å². The Hall–Kier alpha value is -0.980. The first-order valence-electron chi connectivity index (χ1n) is 6.44. The lowest BCUT2D eigenvalue weighted by molar-refractivity contribution is 1.07. The van der Waals surface area contributed by atoms with E-state index in [4.69, 9.17) is 23.2 Å². The van der Waals surface area contributed by atoms with E-state index in [1.54, 1.807) is 0 Å². The van der Waals surface area contributed by atoms with E-state index in [1.807, 2.05) is 0 Å². The van der Waals surface area contributed by atoms with Crippen molar-refractivity contribution in [2.45, 2.75) is 32.0 Å². The Balaban J connectivity index is 2.40. The summed E-state index contributed by atoms with van der Waals surface area (Å²) in [6.45, 7) is 8.44. The van der Waals surface area contributed by atoms with Crippen molar-refractivity contribution in [2.75, 3.05) is 0 Å². The summed E-state index contributed by atoms with van der Waals surface area (Å²) in [5.41, 5.74) is 9.37. The van der Waals surface area contributed by atoms with E-state index in [2.05, 4.69) is 52.0 Å². The van der Waals surface area contributed by atoms with E-state index in [1.165, 1.54) is 33.4 Å². The highest BCUT2D eigenvalue weighted by Gasteiger charge is 2.40. The zero-order valence-electron chi connectivity index (χ0n) is 11.6. The molecule has 0 unspecified atom stereocenters. The molecule has 3 rings (SSSR count). The number of hydrogen-bond donors (Lipinski definition) is 0. The van der Waals surface area contributed by atoms with Crippen LogP contribution < -0.4 is 0 Å². The summed E-state index contributed by atoms with van der Waals surface area (Å²) in [7, 11) is 0. The Labute approximate surface area is 124 Å². The molecule has 0 N–H and O–H groups in total. The topological polar surface area (TPSA) is 0 Å². The normalized spacial score (nSPS) is 15.3. The fraction of sp³-hybridized carbons (Fsp3) is 0.294. The molecule has 0 aliphatic heterocycles. The minimum Gasteiger partial charge on any atom is -0.0909 e. The first kappa shape index (κ1) is 13.0. The van der Waals surface area contributed by atoms with Gasteiger partial charge < -0.3 is 0 Å². The van der Waals surface area contributed by atoms with Gasteiger partial charge in [-0.3, -0.25) is 0 Å². The fourth-order valence-corrected chi connectivity index (χ4v) is 3.37. The number of fused-ring (bicyclic) bond motifs is 3. The van der Waals surface area contributed by atoms with Crippen molar-refractivity contribution in [3.05, 3.63) is 57.6 Å².